The van der Waals surface area contributed by atoms with Crippen LogP contribution < -0.4 is 0 Å². The monoisotopic (exact) mass is 353 g/mol. The lowest BCUT2D eigenvalue weighted by atomic mass is 9.93. The maximum atomic E-state index is 12.0. The molecular formula is C15H19N3O3S2. The first kappa shape index (κ1) is 15.5. The van der Waals surface area contributed by atoms with E-state index in [1.807, 2.05) is 6.07 Å². The SMILES string of the molecule is N#CCC(=O)N=C1S[C@H]2CS(=O)(=O)C[C@H]2N1[C@H]1C[C@@H]2CC[C@@H]1C2. The fraction of sp³-hybridized carbons (Fsp3) is 0.800. The molecule has 0 radical (unpaired) electrons. The van der Waals surface area contributed by atoms with Gasteiger partial charge in [0.2, 0.25) is 0 Å². The second kappa shape index (κ2) is 5.49. The lowest BCUT2D eigenvalue weighted by Crippen LogP contribution is -2.47. The molecule has 4 rings (SSSR count). The Hall–Kier alpha value is -1.07. The highest BCUT2D eigenvalue weighted by Crippen LogP contribution is 2.51. The molecule has 0 aromatic heterocycles. The van der Waals surface area contributed by atoms with Crippen molar-refractivity contribution in [2.24, 2.45) is 16.8 Å². The van der Waals surface area contributed by atoms with Gasteiger partial charge < -0.3 is 4.90 Å². The molecule has 0 aromatic carbocycles. The maximum Gasteiger partial charge on any atom is 0.262 e. The predicted octanol–water partition coefficient (Wildman–Crippen LogP) is 1.19. The third kappa shape index (κ3) is 2.68. The van der Waals surface area contributed by atoms with Gasteiger partial charge in [-0.1, -0.05) is 18.2 Å². The molecule has 6 nitrogen and oxygen atoms in total. The van der Waals surface area contributed by atoms with Crippen LogP contribution in [0.15, 0.2) is 4.99 Å². The van der Waals surface area contributed by atoms with Crippen molar-refractivity contribution < 1.29 is 13.2 Å². The standard InChI is InChI=1S/C15H19N3O3S2/c16-4-3-14(19)17-15-18(11-6-9-1-2-10(11)5-9)12-7-23(20,21)8-13(12)22-15/h9-13H,1-3,5-8H2/t9-,10-,11+,12-,13+/m1/s1. The van der Waals surface area contributed by atoms with Gasteiger partial charge in [0.05, 0.1) is 23.6 Å². The van der Waals surface area contributed by atoms with Gasteiger partial charge in [-0.3, -0.25) is 4.79 Å². The summed E-state index contributed by atoms with van der Waals surface area (Å²) in [7, 11) is -3.00. The van der Waals surface area contributed by atoms with Crippen molar-refractivity contribution in [2.45, 2.75) is 49.4 Å². The van der Waals surface area contributed by atoms with Crippen molar-refractivity contribution in [1.29, 1.82) is 5.26 Å². The van der Waals surface area contributed by atoms with Crippen LogP contribution in [0.5, 0.6) is 0 Å². The molecule has 2 aliphatic heterocycles. The van der Waals surface area contributed by atoms with Crippen molar-refractivity contribution in [2.75, 3.05) is 11.5 Å². The summed E-state index contributed by atoms with van der Waals surface area (Å²) in [4.78, 5) is 18.1. The predicted molar refractivity (Wildman–Crippen MR) is 87.6 cm³/mol. The zero-order valence-electron chi connectivity index (χ0n) is 12.7. The van der Waals surface area contributed by atoms with E-state index in [0.29, 0.717) is 17.1 Å². The van der Waals surface area contributed by atoms with E-state index in [4.69, 9.17) is 5.26 Å². The maximum absolute atomic E-state index is 12.0. The van der Waals surface area contributed by atoms with E-state index >= 15 is 0 Å². The molecule has 23 heavy (non-hydrogen) atoms. The average Bonchev–Trinajstić information content (AvgIpc) is 3.18. The van der Waals surface area contributed by atoms with Gasteiger partial charge in [-0.05, 0) is 31.1 Å². The third-order valence-corrected chi connectivity index (χ3v) is 8.84. The first-order valence-electron chi connectivity index (χ1n) is 8.11. The Morgan fingerprint density at radius 2 is 2.13 bits per heavy atom. The molecule has 2 saturated carbocycles. The van der Waals surface area contributed by atoms with E-state index in [0.717, 1.165) is 12.3 Å². The molecule has 4 fully saturated rings. The van der Waals surface area contributed by atoms with E-state index in [1.165, 1.54) is 31.0 Å². The number of hydrogen-bond acceptors (Lipinski definition) is 5. The fourth-order valence-electron chi connectivity index (χ4n) is 4.74. The molecule has 2 aliphatic carbocycles. The summed E-state index contributed by atoms with van der Waals surface area (Å²) < 4.78 is 24.0. The van der Waals surface area contributed by atoms with E-state index in [-0.39, 0.29) is 29.2 Å². The van der Waals surface area contributed by atoms with Crippen LogP contribution in [0.4, 0.5) is 0 Å². The van der Waals surface area contributed by atoms with Crippen molar-refractivity contribution in [3.05, 3.63) is 0 Å². The smallest absolute Gasteiger partial charge is 0.262 e. The molecule has 2 bridgehead atoms. The number of carbonyl (C=O) groups is 1. The zero-order chi connectivity index (χ0) is 16.2. The van der Waals surface area contributed by atoms with E-state index < -0.39 is 15.7 Å². The lowest BCUT2D eigenvalue weighted by molar-refractivity contribution is -0.116. The van der Waals surface area contributed by atoms with E-state index in [2.05, 4.69) is 9.89 Å². The summed E-state index contributed by atoms with van der Waals surface area (Å²) in [6.45, 7) is 0. The molecule has 124 valence electrons. The van der Waals surface area contributed by atoms with Gasteiger partial charge in [0.25, 0.3) is 5.91 Å². The molecule has 5 atom stereocenters. The second-order valence-corrected chi connectivity index (χ2v) is 10.4. The highest BCUT2D eigenvalue weighted by atomic mass is 32.2. The quantitative estimate of drug-likeness (QED) is 0.740. The Labute approximate surface area is 140 Å². The number of thioether (sulfide) groups is 1. The van der Waals surface area contributed by atoms with Crippen molar-refractivity contribution in [3.8, 4) is 6.07 Å². The first-order valence-corrected chi connectivity index (χ1v) is 10.8. The van der Waals surface area contributed by atoms with E-state index in [9.17, 15) is 13.2 Å². The largest absolute Gasteiger partial charge is 0.343 e. The van der Waals surface area contributed by atoms with E-state index in [1.54, 1.807) is 0 Å². The average molecular weight is 353 g/mol. The number of nitriles is 1. The van der Waals surface area contributed by atoms with Crippen LogP contribution >= 0.6 is 11.8 Å². The fourth-order valence-corrected chi connectivity index (χ4v) is 8.73. The Bertz CT molecular complexity index is 712. The highest BCUT2D eigenvalue weighted by molar-refractivity contribution is 8.15. The second-order valence-electron chi connectivity index (χ2n) is 7.07. The Morgan fingerprint density at radius 1 is 1.30 bits per heavy atom. The number of hydrogen-bond donors (Lipinski definition) is 0. The number of carbonyl (C=O) groups excluding carboxylic acids is 1. The number of amidine groups is 1. The number of amides is 1. The van der Waals surface area contributed by atoms with Crippen molar-refractivity contribution >= 4 is 32.7 Å². The minimum atomic E-state index is -3.00. The van der Waals surface area contributed by atoms with Gasteiger partial charge in [0.15, 0.2) is 15.0 Å². The summed E-state index contributed by atoms with van der Waals surface area (Å²) in [5.41, 5.74) is 0. The highest BCUT2D eigenvalue weighted by Gasteiger charge is 2.54. The topological polar surface area (TPSA) is 90.6 Å². The molecule has 0 aromatic rings. The minimum absolute atomic E-state index is 0.0206. The van der Waals surface area contributed by atoms with Crippen LogP contribution in [0.25, 0.3) is 0 Å². The summed E-state index contributed by atoms with van der Waals surface area (Å²) in [5.74, 6) is 1.25. The van der Waals surface area contributed by atoms with Crippen molar-refractivity contribution in [1.82, 2.24) is 4.90 Å². The molecule has 2 saturated heterocycles. The minimum Gasteiger partial charge on any atom is -0.343 e. The van der Waals surface area contributed by atoms with Crippen LogP contribution in [0.1, 0.15) is 32.1 Å². The number of rotatable bonds is 2. The van der Waals surface area contributed by atoms with Gasteiger partial charge >= 0.3 is 0 Å². The molecule has 4 aliphatic rings. The molecule has 0 N–H and O–H groups in total. The Kier molecular flexibility index (Phi) is 3.69. The van der Waals surface area contributed by atoms with Crippen LogP contribution in [0.3, 0.4) is 0 Å². The summed E-state index contributed by atoms with van der Waals surface area (Å²) in [5, 5.41) is 9.30. The van der Waals surface area contributed by atoms with Crippen LogP contribution in [-0.2, 0) is 14.6 Å². The molecule has 8 heteroatoms. The third-order valence-electron chi connectivity index (χ3n) is 5.62. The molecule has 2 heterocycles. The van der Waals surface area contributed by atoms with Gasteiger partial charge in [-0.25, -0.2) is 8.42 Å². The van der Waals surface area contributed by atoms with Crippen LogP contribution in [-0.4, -0.2) is 53.2 Å². The molecule has 0 unspecified atom stereocenters. The van der Waals surface area contributed by atoms with Crippen molar-refractivity contribution in [3.63, 3.8) is 0 Å². The van der Waals surface area contributed by atoms with Gasteiger partial charge in [0, 0.05) is 11.3 Å². The zero-order valence-corrected chi connectivity index (χ0v) is 14.4. The lowest BCUT2D eigenvalue weighted by Gasteiger charge is -2.36. The summed E-state index contributed by atoms with van der Waals surface area (Å²) in [6, 6.07) is 2.10. The molecule has 0 spiro atoms. The molecular weight excluding hydrogens is 334 g/mol. The summed E-state index contributed by atoms with van der Waals surface area (Å²) in [6.07, 6.45) is 4.55. The van der Waals surface area contributed by atoms with Gasteiger partial charge in [0.1, 0.15) is 6.42 Å². The Morgan fingerprint density at radius 3 is 2.78 bits per heavy atom. The number of aliphatic imine (C=N–C) groups is 1. The number of nitrogens with zero attached hydrogens (tertiary/aromatic N) is 3. The first-order chi connectivity index (χ1) is 11.0. The van der Waals surface area contributed by atoms with Gasteiger partial charge in [-0.15, -0.1) is 0 Å². The normalized spacial score (nSPS) is 42.1. The van der Waals surface area contributed by atoms with Crippen LogP contribution in [0.2, 0.25) is 0 Å². The van der Waals surface area contributed by atoms with Crippen LogP contribution in [0, 0.1) is 23.2 Å². The molecule has 1 amide bonds. The van der Waals surface area contributed by atoms with Gasteiger partial charge in [-0.2, -0.15) is 10.3 Å². The number of sulfone groups is 1. The summed E-state index contributed by atoms with van der Waals surface area (Å²) >= 11 is 1.43. The number of fused-ring (bicyclic) bond motifs is 3. The Balaban J connectivity index is 1.64.